The number of thiazole rings is 1. The van der Waals surface area contributed by atoms with Crippen LogP contribution in [-0.2, 0) is 21.6 Å². The Morgan fingerprint density at radius 2 is 1.76 bits per heavy atom. The standard InChI is InChI=1S/C24H22F3N5O3S2/c25-24(26,27)21-31-20(32-35-21)17-7-4-8-18(13-17)37(33,34)29-15-23(9-11-28-12-10-23)22-30-19(14-36-22)16-5-2-1-3-6-16/h1-8,13-14,28-29H,9-12,15H2. The van der Waals surface area contributed by atoms with E-state index in [-0.39, 0.29) is 22.8 Å². The Bertz CT molecular complexity index is 1480. The molecule has 8 nitrogen and oxygen atoms in total. The quantitative estimate of drug-likeness (QED) is 0.350. The van der Waals surface area contributed by atoms with Crippen LogP contribution >= 0.6 is 11.3 Å². The molecule has 4 aromatic rings. The average molecular weight is 550 g/mol. The SMILES string of the molecule is O=S(=O)(NCC1(c2nc(-c3ccccc3)cs2)CCNCC1)c1cccc(-c2noc(C(F)(F)F)n2)c1. The molecule has 2 aromatic heterocycles. The maximum atomic E-state index is 13.2. The highest BCUT2D eigenvalue weighted by atomic mass is 32.2. The molecule has 5 rings (SSSR count). The van der Waals surface area contributed by atoms with Crippen LogP contribution in [0.25, 0.3) is 22.6 Å². The summed E-state index contributed by atoms with van der Waals surface area (Å²) < 4.78 is 71.9. The van der Waals surface area contributed by atoms with Gasteiger partial charge in [0.25, 0.3) is 0 Å². The van der Waals surface area contributed by atoms with Crippen LogP contribution in [0.3, 0.4) is 0 Å². The molecule has 0 saturated carbocycles. The van der Waals surface area contributed by atoms with Gasteiger partial charge in [-0.2, -0.15) is 18.2 Å². The molecule has 0 aliphatic carbocycles. The second-order valence-corrected chi connectivity index (χ2v) is 11.3. The molecule has 0 unspecified atom stereocenters. The third-order valence-corrected chi connectivity index (χ3v) is 8.75. The third-order valence-electron chi connectivity index (χ3n) is 6.26. The summed E-state index contributed by atoms with van der Waals surface area (Å²) in [7, 11) is -4.01. The van der Waals surface area contributed by atoms with Crippen LogP contribution in [0.15, 0.2) is 69.4 Å². The monoisotopic (exact) mass is 549 g/mol. The van der Waals surface area contributed by atoms with E-state index in [1.807, 2.05) is 35.7 Å². The molecule has 0 bridgehead atoms. The van der Waals surface area contributed by atoms with Crippen molar-refractivity contribution >= 4 is 21.4 Å². The number of benzene rings is 2. The van der Waals surface area contributed by atoms with Crippen molar-refractivity contribution in [1.29, 1.82) is 0 Å². The first kappa shape index (κ1) is 25.5. The lowest BCUT2D eigenvalue weighted by molar-refractivity contribution is -0.159. The summed E-state index contributed by atoms with van der Waals surface area (Å²) in [6.07, 6.45) is -3.41. The fourth-order valence-corrected chi connectivity index (χ4v) is 6.47. The predicted octanol–water partition coefficient (Wildman–Crippen LogP) is 4.48. The summed E-state index contributed by atoms with van der Waals surface area (Å²) in [5, 5.41) is 9.49. The molecular weight excluding hydrogens is 527 g/mol. The molecule has 1 fully saturated rings. The molecule has 0 spiro atoms. The maximum Gasteiger partial charge on any atom is 0.471 e. The Morgan fingerprint density at radius 3 is 2.46 bits per heavy atom. The lowest BCUT2D eigenvalue weighted by Gasteiger charge is -2.36. The molecule has 1 aliphatic heterocycles. The van der Waals surface area contributed by atoms with Crippen LogP contribution in [0, 0.1) is 0 Å². The van der Waals surface area contributed by atoms with E-state index in [2.05, 4.69) is 24.7 Å². The number of nitrogens with zero attached hydrogens (tertiary/aromatic N) is 3. The Hall–Kier alpha value is -3.13. The van der Waals surface area contributed by atoms with Gasteiger partial charge in [-0.15, -0.1) is 11.3 Å². The molecule has 0 amide bonds. The van der Waals surface area contributed by atoms with E-state index < -0.39 is 27.5 Å². The second-order valence-electron chi connectivity index (χ2n) is 8.71. The molecule has 194 valence electrons. The molecular formula is C24H22F3N5O3S2. The summed E-state index contributed by atoms with van der Waals surface area (Å²) in [6, 6.07) is 15.2. The van der Waals surface area contributed by atoms with Gasteiger partial charge in [0, 0.05) is 28.5 Å². The molecule has 2 aromatic carbocycles. The van der Waals surface area contributed by atoms with Crippen LogP contribution in [-0.4, -0.2) is 43.2 Å². The lowest BCUT2D eigenvalue weighted by atomic mass is 9.79. The highest BCUT2D eigenvalue weighted by Gasteiger charge is 2.39. The fraction of sp³-hybridized carbons (Fsp3) is 0.292. The predicted molar refractivity (Wildman–Crippen MR) is 131 cm³/mol. The van der Waals surface area contributed by atoms with Gasteiger partial charge in [-0.3, -0.25) is 0 Å². The zero-order valence-corrected chi connectivity index (χ0v) is 21.0. The number of hydrogen-bond acceptors (Lipinski definition) is 8. The highest BCUT2D eigenvalue weighted by Crippen LogP contribution is 2.37. The van der Waals surface area contributed by atoms with Crippen molar-refractivity contribution < 1.29 is 26.1 Å². The number of hydrogen-bond donors (Lipinski definition) is 2. The first-order valence-corrected chi connectivity index (χ1v) is 13.8. The van der Waals surface area contributed by atoms with Crippen LogP contribution in [0.2, 0.25) is 0 Å². The molecule has 0 radical (unpaired) electrons. The van der Waals surface area contributed by atoms with E-state index in [1.165, 1.54) is 35.6 Å². The minimum absolute atomic E-state index is 0.0890. The first-order chi connectivity index (χ1) is 17.7. The number of rotatable bonds is 7. The number of sulfonamides is 1. The third kappa shape index (κ3) is 5.44. The number of piperidine rings is 1. The van der Waals surface area contributed by atoms with E-state index >= 15 is 0 Å². The average Bonchev–Trinajstić information content (AvgIpc) is 3.60. The Balaban J connectivity index is 1.38. The van der Waals surface area contributed by atoms with Gasteiger partial charge in [-0.05, 0) is 38.1 Å². The normalized spacial score (nSPS) is 16.1. The smallest absolute Gasteiger partial charge is 0.329 e. The van der Waals surface area contributed by atoms with Crippen molar-refractivity contribution in [1.82, 2.24) is 25.2 Å². The van der Waals surface area contributed by atoms with Gasteiger partial charge in [-0.1, -0.05) is 47.6 Å². The summed E-state index contributed by atoms with van der Waals surface area (Å²) >= 11 is 1.51. The Morgan fingerprint density at radius 1 is 1.03 bits per heavy atom. The molecule has 2 N–H and O–H groups in total. The van der Waals surface area contributed by atoms with E-state index in [9.17, 15) is 21.6 Å². The second kappa shape index (κ2) is 9.97. The van der Waals surface area contributed by atoms with Crippen molar-refractivity contribution in [2.45, 2.75) is 29.3 Å². The fourth-order valence-electron chi connectivity index (χ4n) is 4.21. The van der Waals surface area contributed by atoms with E-state index in [1.54, 1.807) is 0 Å². The molecule has 3 heterocycles. The summed E-state index contributed by atoms with van der Waals surface area (Å²) in [6.45, 7) is 1.57. The number of halogens is 3. The van der Waals surface area contributed by atoms with Crippen LogP contribution in [0.1, 0.15) is 23.7 Å². The van der Waals surface area contributed by atoms with Gasteiger partial charge in [-0.25, -0.2) is 18.1 Å². The van der Waals surface area contributed by atoms with Crippen LogP contribution in [0.5, 0.6) is 0 Å². The van der Waals surface area contributed by atoms with Gasteiger partial charge in [0.2, 0.25) is 15.8 Å². The van der Waals surface area contributed by atoms with Gasteiger partial charge in [0.15, 0.2) is 0 Å². The topological polar surface area (TPSA) is 110 Å². The van der Waals surface area contributed by atoms with Crippen molar-refractivity contribution in [3.05, 3.63) is 70.9 Å². The minimum Gasteiger partial charge on any atom is -0.329 e. The van der Waals surface area contributed by atoms with Gasteiger partial charge >= 0.3 is 12.1 Å². The molecule has 0 atom stereocenters. The number of aromatic nitrogens is 3. The van der Waals surface area contributed by atoms with Crippen molar-refractivity contribution in [2.75, 3.05) is 19.6 Å². The van der Waals surface area contributed by atoms with Gasteiger partial charge in [0.1, 0.15) is 5.01 Å². The summed E-state index contributed by atoms with van der Waals surface area (Å²) in [5.74, 6) is -1.85. The van der Waals surface area contributed by atoms with Crippen molar-refractivity contribution in [3.63, 3.8) is 0 Å². The molecule has 37 heavy (non-hydrogen) atoms. The van der Waals surface area contributed by atoms with Gasteiger partial charge in [0.05, 0.1) is 10.6 Å². The van der Waals surface area contributed by atoms with E-state index in [0.717, 1.165) is 29.4 Å². The van der Waals surface area contributed by atoms with Crippen LogP contribution in [0.4, 0.5) is 13.2 Å². The Labute approximate surface area is 215 Å². The molecule has 1 saturated heterocycles. The molecule has 13 heteroatoms. The zero-order valence-electron chi connectivity index (χ0n) is 19.3. The first-order valence-electron chi connectivity index (χ1n) is 11.4. The van der Waals surface area contributed by atoms with Crippen LogP contribution < -0.4 is 10.0 Å². The number of alkyl halides is 3. The number of nitrogens with one attached hydrogen (secondary N) is 2. The van der Waals surface area contributed by atoms with Crippen molar-refractivity contribution in [3.8, 4) is 22.6 Å². The Kier molecular flexibility index (Phi) is 6.88. The highest BCUT2D eigenvalue weighted by molar-refractivity contribution is 7.89. The zero-order chi connectivity index (χ0) is 26.1. The van der Waals surface area contributed by atoms with Crippen molar-refractivity contribution in [2.24, 2.45) is 0 Å². The minimum atomic E-state index is -4.80. The van der Waals surface area contributed by atoms with E-state index in [0.29, 0.717) is 12.8 Å². The summed E-state index contributed by atoms with van der Waals surface area (Å²) in [4.78, 5) is 8.09. The van der Waals surface area contributed by atoms with E-state index in [4.69, 9.17) is 4.98 Å². The largest absolute Gasteiger partial charge is 0.471 e. The molecule has 1 aliphatic rings. The lowest BCUT2D eigenvalue weighted by Crippen LogP contribution is -2.47. The summed E-state index contributed by atoms with van der Waals surface area (Å²) in [5.41, 5.74) is 1.42. The van der Waals surface area contributed by atoms with Gasteiger partial charge < -0.3 is 9.84 Å². The maximum absolute atomic E-state index is 13.2.